The zero-order valence-corrected chi connectivity index (χ0v) is 9.49. The lowest BCUT2D eigenvalue weighted by molar-refractivity contribution is 0.473. The number of phenolic OH excluding ortho intramolecular Hbond substituents is 1. The van der Waals surface area contributed by atoms with Crippen LogP contribution >= 0.6 is 15.9 Å². The van der Waals surface area contributed by atoms with Crippen LogP contribution in [-0.2, 0) is 6.42 Å². The van der Waals surface area contributed by atoms with Crippen molar-refractivity contribution in [2.75, 3.05) is 5.73 Å². The summed E-state index contributed by atoms with van der Waals surface area (Å²) in [7, 11) is 0. The van der Waals surface area contributed by atoms with Crippen molar-refractivity contribution in [2.24, 2.45) is 0 Å². The van der Waals surface area contributed by atoms with E-state index >= 15 is 0 Å². The topological polar surface area (TPSA) is 59.4 Å². The number of furan rings is 1. The first-order valence-corrected chi connectivity index (χ1v) is 5.26. The van der Waals surface area contributed by atoms with E-state index in [2.05, 4.69) is 15.9 Å². The van der Waals surface area contributed by atoms with Gasteiger partial charge in [-0.1, -0.05) is 0 Å². The summed E-state index contributed by atoms with van der Waals surface area (Å²) in [5, 5.41) is 9.33. The largest absolute Gasteiger partial charge is 0.508 e. The van der Waals surface area contributed by atoms with Crippen LogP contribution in [0.1, 0.15) is 11.3 Å². The number of phenols is 1. The number of nitrogen functional groups attached to an aromatic ring is 1. The Kier molecular flexibility index (Phi) is 2.68. The molecule has 0 amide bonds. The predicted octanol–water partition coefficient (Wildman–Crippen LogP) is 2.92. The molecule has 2 aromatic rings. The summed E-state index contributed by atoms with van der Waals surface area (Å²) in [6, 6.07) is 8.59. The van der Waals surface area contributed by atoms with E-state index in [0.29, 0.717) is 16.8 Å². The molecule has 78 valence electrons. The standard InChI is InChI=1S/C11H10BrNO2/c12-11-4-2-9(15-11)6-7-5-8(14)1-3-10(7)13/h1-5,14H,6,13H2. The molecule has 3 N–H and O–H groups in total. The molecular formula is C11H10BrNO2. The van der Waals surface area contributed by atoms with Gasteiger partial charge in [0.2, 0.25) is 0 Å². The molecule has 0 aliphatic heterocycles. The van der Waals surface area contributed by atoms with Gasteiger partial charge in [0, 0.05) is 12.1 Å². The number of benzene rings is 1. The Morgan fingerprint density at radius 3 is 2.73 bits per heavy atom. The molecule has 15 heavy (non-hydrogen) atoms. The molecule has 3 nitrogen and oxygen atoms in total. The lowest BCUT2D eigenvalue weighted by Crippen LogP contribution is -1.94. The minimum absolute atomic E-state index is 0.213. The fraction of sp³-hybridized carbons (Fsp3) is 0.0909. The van der Waals surface area contributed by atoms with Crippen LogP contribution < -0.4 is 5.73 Å². The van der Waals surface area contributed by atoms with E-state index in [-0.39, 0.29) is 5.75 Å². The molecule has 1 aromatic carbocycles. The van der Waals surface area contributed by atoms with E-state index in [4.69, 9.17) is 10.2 Å². The highest BCUT2D eigenvalue weighted by atomic mass is 79.9. The van der Waals surface area contributed by atoms with Gasteiger partial charge in [-0.3, -0.25) is 0 Å². The van der Waals surface area contributed by atoms with Gasteiger partial charge in [0.1, 0.15) is 11.5 Å². The van der Waals surface area contributed by atoms with E-state index in [1.165, 1.54) is 0 Å². The summed E-state index contributed by atoms with van der Waals surface area (Å²) in [6.45, 7) is 0. The van der Waals surface area contributed by atoms with Crippen molar-refractivity contribution in [3.05, 3.63) is 46.3 Å². The minimum atomic E-state index is 0.213. The zero-order chi connectivity index (χ0) is 10.8. The van der Waals surface area contributed by atoms with E-state index in [0.717, 1.165) is 11.3 Å². The van der Waals surface area contributed by atoms with Gasteiger partial charge in [0.05, 0.1) is 0 Å². The molecule has 0 aliphatic carbocycles. The van der Waals surface area contributed by atoms with E-state index < -0.39 is 0 Å². The Hall–Kier alpha value is -1.42. The summed E-state index contributed by atoms with van der Waals surface area (Å²) in [4.78, 5) is 0. The van der Waals surface area contributed by atoms with Crippen LogP contribution in [-0.4, -0.2) is 5.11 Å². The van der Waals surface area contributed by atoms with E-state index in [1.807, 2.05) is 12.1 Å². The highest BCUT2D eigenvalue weighted by Crippen LogP contribution is 2.23. The quantitative estimate of drug-likeness (QED) is 0.650. The summed E-state index contributed by atoms with van der Waals surface area (Å²) in [5.74, 6) is 1.02. The third-order valence-electron chi connectivity index (χ3n) is 2.12. The lowest BCUT2D eigenvalue weighted by atomic mass is 10.1. The molecule has 0 atom stereocenters. The summed E-state index contributed by atoms with van der Waals surface area (Å²) >= 11 is 3.23. The van der Waals surface area contributed by atoms with Crippen molar-refractivity contribution in [1.82, 2.24) is 0 Å². The van der Waals surface area contributed by atoms with Gasteiger partial charge in [0.15, 0.2) is 4.67 Å². The molecule has 4 heteroatoms. The Morgan fingerprint density at radius 1 is 1.27 bits per heavy atom. The number of rotatable bonds is 2. The fourth-order valence-electron chi connectivity index (χ4n) is 1.38. The first-order chi connectivity index (χ1) is 7.15. The molecule has 0 bridgehead atoms. The second-order valence-corrected chi connectivity index (χ2v) is 4.05. The molecular weight excluding hydrogens is 258 g/mol. The van der Waals surface area contributed by atoms with Crippen LogP contribution in [0.4, 0.5) is 5.69 Å². The van der Waals surface area contributed by atoms with Crippen molar-refractivity contribution in [3.8, 4) is 5.75 Å². The lowest BCUT2D eigenvalue weighted by Gasteiger charge is -2.03. The van der Waals surface area contributed by atoms with Gasteiger partial charge in [-0.05, 0) is 51.8 Å². The number of aromatic hydroxyl groups is 1. The number of hydrogen-bond acceptors (Lipinski definition) is 3. The van der Waals surface area contributed by atoms with Crippen molar-refractivity contribution in [2.45, 2.75) is 6.42 Å². The average Bonchev–Trinajstić information content (AvgIpc) is 2.58. The first-order valence-electron chi connectivity index (χ1n) is 4.47. The molecule has 0 spiro atoms. The Labute approximate surface area is 95.6 Å². The van der Waals surface area contributed by atoms with Crippen molar-refractivity contribution >= 4 is 21.6 Å². The summed E-state index contributed by atoms with van der Waals surface area (Å²) in [5.41, 5.74) is 7.29. The van der Waals surface area contributed by atoms with Gasteiger partial charge in [-0.25, -0.2) is 0 Å². The zero-order valence-electron chi connectivity index (χ0n) is 7.90. The predicted molar refractivity (Wildman–Crippen MR) is 61.7 cm³/mol. The monoisotopic (exact) mass is 267 g/mol. The Bertz CT molecular complexity index is 479. The third-order valence-corrected chi connectivity index (χ3v) is 2.55. The molecule has 0 unspecified atom stereocenters. The third kappa shape index (κ3) is 2.33. The maximum absolute atomic E-state index is 9.33. The molecule has 1 aromatic heterocycles. The first kappa shape index (κ1) is 10.1. The van der Waals surface area contributed by atoms with Crippen LogP contribution in [0.15, 0.2) is 39.4 Å². The molecule has 0 aliphatic rings. The average molecular weight is 268 g/mol. The summed E-state index contributed by atoms with van der Waals surface area (Å²) in [6.07, 6.45) is 0.575. The van der Waals surface area contributed by atoms with E-state index in [9.17, 15) is 5.11 Å². The van der Waals surface area contributed by atoms with Crippen LogP contribution in [0, 0.1) is 0 Å². The van der Waals surface area contributed by atoms with Crippen molar-refractivity contribution < 1.29 is 9.52 Å². The molecule has 2 rings (SSSR count). The van der Waals surface area contributed by atoms with Gasteiger partial charge in [-0.2, -0.15) is 0 Å². The highest BCUT2D eigenvalue weighted by molar-refractivity contribution is 9.10. The maximum Gasteiger partial charge on any atom is 0.169 e. The second-order valence-electron chi connectivity index (χ2n) is 3.27. The number of nitrogens with two attached hydrogens (primary N) is 1. The molecule has 0 saturated heterocycles. The molecule has 0 saturated carbocycles. The van der Waals surface area contributed by atoms with Crippen LogP contribution in [0.2, 0.25) is 0 Å². The smallest absolute Gasteiger partial charge is 0.169 e. The molecule has 1 heterocycles. The highest BCUT2D eigenvalue weighted by Gasteiger charge is 2.05. The van der Waals surface area contributed by atoms with Gasteiger partial charge < -0.3 is 15.3 Å². The van der Waals surface area contributed by atoms with Crippen LogP contribution in [0.5, 0.6) is 5.75 Å². The van der Waals surface area contributed by atoms with Crippen molar-refractivity contribution in [1.29, 1.82) is 0 Å². The molecule has 0 radical (unpaired) electrons. The number of halogens is 1. The van der Waals surface area contributed by atoms with Crippen molar-refractivity contribution in [3.63, 3.8) is 0 Å². The van der Waals surface area contributed by atoms with Gasteiger partial charge in [0.25, 0.3) is 0 Å². The Balaban J connectivity index is 2.27. The number of anilines is 1. The second kappa shape index (κ2) is 3.98. The SMILES string of the molecule is Nc1ccc(O)cc1Cc1ccc(Br)o1. The van der Waals surface area contributed by atoms with E-state index in [1.54, 1.807) is 18.2 Å². The van der Waals surface area contributed by atoms with Gasteiger partial charge in [-0.15, -0.1) is 0 Å². The van der Waals surface area contributed by atoms with Crippen LogP contribution in [0.3, 0.4) is 0 Å². The number of hydrogen-bond donors (Lipinski definition) is 2. The van der Waals surface area contributed by atoms with Gasteiger partial charge >= 0.3 is 0 Å². The van der Waals surface area contributed by atoms with Crippen LogP contribution in [0.25, 0.3) is 0 Å². The fourth-order valence-corrected chi connectivity index (χ4v) is 1.72. The minimum Gasteiger partial charge on any atom is -0.508 e. The molecule has 0 fully saturated rings. The maximum atomic E-state index is 9.33. The summed E-state index contributed by atoms with van der Waals surface area (Å²) < 4.78 is 6.05. The normalized spacial score (nSPS) is 10.5. The Morgan fingerprint density at radius 2 is 2.07 bits per heavy atom.